The highest BCUT2D eigenvalue weighted by molar-refractivity contribution is 5.60. The van der Waals surface area contributed by atoms with Crippen molar-refractivity contribution in [1.29, 1.82) is 0 Å². The van der Waals surface area contributed by atoms with Crippen LogP contribution in [0.2, 0.25) is 0 Å². The predicted molar refractivity (Wildman–Crippen MR) is 122 cm³/mol. The third kappa shape index (κ3) is 4.67. The van der Waals surface area contributed by atoms with Gasteiger partial charge < -0.3 is 15.1 Å². The van der Waals surface area contributed by atoms with Gasteiger partial charge in [-0.2, -0.15) is 4.98 Å². The third-order valence-electron chi connectivity index (χ3n) is 5.27. The lowest BCUT2D eigenvalue weighted by atomic mass is 10.1. The average molecular weight is 388 g/mol. The molecule has 2 heterocycles. The van der Waals surface area contributed by atoms with Crippen molar-refractivity contribution in [3.05, 3.63) is 70.9 Å². The summed E-state index contributed by atoms with van der Waals surface area (Å²) in [7, 11) is 0. The number of benzene rings is 2. The number of anilines is 4. The summed E-state index contributed by atoms with van der Waals surface area (Å²) in [4.78, 5) is 14.2. The zero-order valence-corrected chi connectivity index (χ0v) is 17.7. The number of aromatic nitrogens is 2. The third-order valence-corrected chi connectivity index (χ3v) is 5.27. The molecule has 0 spiro atoms. The number of aryl methyl sites for hydroxylation is 4. The number of nitrogens with one attached hydrogen (secondary N) is 1. The Hall–Kier alpha value is -3.08. The van der Waals surface area contributed by atoms with E-state index in [4.69, 9.17) is 9.97 Å². The van der Waals surface area contributed by atoms with Gasteiger partial charge in [-0.3, -0.25) is 0 Å². The van der Waals surface area contributed by atoms with E-state index < -0.39 is 0 Å². The van der Waals surface area contributed by atoms with Gasteiger partial charge in [0.1, 0.15) is 5.82 Å². The molecule has 0 unspecified atom stereocenters. The lowest BCUT2D eigenvalue weighted by Crippen LogP contribution is -2.47. The molecule has 0 radical (unpaired) electrons. The molecule has 2 aromatic carbocycles. The van der Waals surface area contributed by atoms with Gasteiger partial charge in [0.05, 0.1) is 0 Å². The van der Waals surface area contributed by atoms with Crippen LogP contribution >= 0.6 is 0 Å². The Bertz CT molecular complexity index is 986. The molecule has 1 N–H and O–H groups in total. The fourth-order valence-electron chi connectivity index (χ4n) is 3.94. The Balaban J connectivity index is 1.48. The quantitative estimate of drug-likeness (QED) is 0.698. The van der Waals surface area contributed by atoms with E-state index in [1.165, 1.54) is 22.4 Å². The number of hydrogen-bond donors (Lipinski definition) is 1. The minimum absolute atomic E-state index is 0.806. The van der Waals surface area contributed by atoms with Crippen LogP contribution < -0.4 is 15.1 Å². The molecule has 1 fully saturated rings. The van der Waals surface area contributed by atoms with Crippen LogP contribution in [-0.2, 0) is 0 Å². The van der Waals surface area contributed by atoms with Crippen LogP contribution in [0.1, 0.15) is 22.4 Å². The smallest absolute Gasteiger partial charge is 0.227 e. The molecular weight excluding hydrogens is 358 g/mol. The van der Waals surface area contributed by atoms with Gasteiger partial charge in [0.25, 0.3) is 0 Å². The van der Waals surface area contributed by atoms with Crippen molar-refractivity contribution in [1.82, 2.24) is 9.97 Å². The van der Waals surface area contributed by atoms with Crippen LogP contribution in [-0.4, -0.2) is 36.1 Å². The highest BCUT2D eigenvalue weighted by Gasteiger charge is 2.20. The fourth-order valence-corrected chi connectivity index (χ4v) is 3.94. The minimum Gasteiger partial charge on any atom is -0.368 e. The SMILES string of the molecule is Cc1cc(C)cc(Nc2cc(C)nc(N3CCN(c4cccc(C)c4)CC3)n2)c1. The summed E-state index contributed by atoms with van der Waals surface area (Å²) >= 11 is 0. The molecule has 0 amide bonds. The van der Waals surface area contributed by atoms with Gasteiger partial charge in [-0.1, -0.05) is 18.2 Å². The van der Waals surface area contributed by atoms with Crippen molar-refractivity contribution in [2.24, 2.45) is 0 Å². The van der Waals surface area contributed by atoms with Gasteiger partial charge in [0, 0.05) is 49.3 Å². The standard InChI is InChI=1S/C24H29N5/c1-17-6-5-7-22(15-17)28-8-10-29(11-9-28)24-25-20(4)16-23(27-24)26-21-13-18(2)12-19(3)14-21/h5-7,12-16H,8-11H2,1-4H3,(H,25,26,27). The first-order valence-corrected chi connectivity index (χ1v) is 10.2. The largest absolute Gasteiger partial charge is 0.368 e. The molecule has 150 valence electrons. The van der Waals surface area contributed by atoms with Crippen molar-refractivity contribution in [2.45, 2.75) is 27.7 Å². The number of hydrogen-bond acceptors (Lipinski definition) is 5. The molecule has 0 atom stereocenters. The molecular formula is C24H29N5. The van der Waals surface area contributed by atoms with E-state index >= 15 is 0 Å². The van der Waals surface area contributed by atoms with E-state index in [1.807, 2.05) is 13.0 Å². The summed E-state index contributed by atoms with van der Waals surface area (Å²) in [6, 6.07) is 17.2. The van der Waals surface area contributed by atoms with Crippen molar-refractivity contribution >= 4 is 23.1 Å². The van der Waals surface area contributed by atoms with E-state index in [-0.39, 0.29) is 0 Å². The Labute approximate surface area is 173 Å². The molecule has 0 aliphatic carbocycles. The van der Waals surface area contributed by atoms with E-state index in [2.05, 4.69) is 78.4 Å². The van der Waals surface area contributed by atoms with Gasteiger partial charge in [0.2, 0.25) is 5.95 Å². The molecule has 1 aromatic heterocycles. The summed E-state index contributed by atoms with van der Waals surface area (Å²) in [6.07, 6.45) is 0. The molecule has 0 saturated carbocycles. The minimum atomic E-state index is 0.806. The van der Waals surface area contributed by atoms with E-state index in [9.17, 15) is 0 Å². The molecule has 1 saturated heterocycles. The number of rotatable bonds is 4. The molecule has 5 nitrogen and oxygen atoms in total. The van der Waals surface area contributed by atoms with Gasteiger partial charge in [-0.05, 0) is 68.7 Å². The fraction of sp³-hybridized carbons (Fsp3) is 0.333. The first-order valence-electron chi connectivity index (χ1n) is 10.2. The second-order valence-corrected chi connectivity index (χ2v) is 8.01. The summed E-state index contributed by atoms with van der Waals surface area (Å²) in [6.45, 7) is 12.2. The molecule has 5 heteroatoms. The zero-order valence-electron chi connectivity index (χ0n) is 17.7. The van der Waals surface area contributed by atoms with Gasteiger partial charge in [-0.15, -0.1) is 0 Å². The highest BCUT2D eigenvalue weighted by atomic mass is 15.3. The van der Waals surface area contributed by atoms with E-state index in [0.717, 1.165) is 49.3 Å². The summed E-state index contributed by atoms with van der Waals surface area (Å²) in [5, 5.41) is 3.46. The molecule has 1 aliphatic heterocycles. The summed E-state index contributed by atoms with van der Waals surface area (Å²) in [5.41, 5.74) is 7.12. The second kappa shape index (κ2) is 8.11. The monoisotopic (exact) mass is 387 g/mol. The summed E-state index contributed by atoms with van der Waals surface area (Å²) < 4.78 is 0. The normalized spacial score (nSPS) is 14.2. The lowest BCUT2D eigenvalue weighted by molar-refractivity contribution is 0.639. The van der Waals surface area contributed by atoms with E-state index in [1.54, 1.807) is 0 Å². The lowest BCUT2D eigenvalue weighted by Gasteiger charge is -2.36. The van der Waals surface area contributed by atoms with Crippen molar-refractivity contribution in [3.63, 3.8) is 0 Å². The van der Waals surface area contributed by atoms with Crippen molar-refractivity contribution in [2.75, 3.05) is 41.3 Å². The average Bonchev–Trinajstić information content (AvgIpc) is 2.67. The predicted octanol–water partition coefficient (Wildman–Crippen LogP) is 4.78. The van der Waals surface area contributed by atoms with Crippen LogP contribution in [0.5, 0.6) is 0 Å². The van der Waals surface area contributed by atoms with Gasteiger partial charge in [0.15, 0.2) is 0 Å². The zero-order chi connectivity index (χ0) is 20.4. The highest BCUT2D eigenvalue weighted by Crippen LogP contribution is 2.23. The second-order valence-electron chi connectivity index (χ2n) is 8.01. The Morgan fingerprint density at radius 3 is 2.10 bits per heavy atom. The topological polar surface area (TPSA) is 44.3 Å². The van der Waals surface area contributed by atoms with Crippen LogP contribution in [0.4, 0.5) is 23.1 Å². The number of nitrogens with zero attached hydrogens (tertiary/aromatic N) is 4. The Morgan fingerprint density at radius 2 is 1.41 bits per heavy atom. The maximum Gasteiger partial charge on any atom is 0.227 e. The molecule has 3 aromatic rings. The first kappa shape index (κ1) is 19.2. The maximum absolute atomic E-state index is 4.81. The van der Waals surface area contributed by atoms with Crippen LogP contribution in [0, 0.1) is 27.7 Å². The van der Waals surface area contributed by atoms with Crippen LogP contribution in [0.15, 0.2) is 48.5 Å². The molecule has 0 bridgehead atoms. The van der Waals surface area contributed by atoms with Gasteiger partial charge >= 0.3 is 0 Å². The van der Waals surface area contributed by atoms with Crippen molar-refractivity contribution < 1.29 is 0 Å². The van der Waals surface area contributed by atoms with E-state index in [0.29, 0.717) is 0 Å². The Kier molecular flexibility index (Phi) is 5.38. The molecule has 4 rings (SSSR count). The van der Waals surface area contributed by atoms with Crippen LogP contribution in [0.25, 0.3) is 0 Å². The molecule has 1 aliphatic rings. The first-order chi connectivity index (χ1) is 14.0. The summed E-state index contributed by atoms with van der Waals surface area (Å²) in [5.74, 6) is 1.65. The van der Waals surface area contributed by atoms with Crippen LogP contribution in [0.3, 0.4) is 0 Å². The van der Waals surface area contributed by atoms with Gasteiger partial charge in [-0.25, -0.2) is 4.98 Å². The van der Waals surface area contributed by atoms with Crippen molar-refractivity contribution in [3.8, 4) is 0 Å². The number of piperazine rings is 1. The maximum atomic E-state index is 4.81. The Morgan fingerprint density at radius 1 is 0.724 bits per heavy atom. The molecule has 29 heavy (non-hydrogen) atoms.